The third-order valence-electron chi connectivity index (χ3n) is 2.32. The topological polar surface area (TPSA) is 61.0 Å². The average molecular weight is 233 g/mol. The Hall–Kier alpha value is -2.17. The van der Waals surface area contributed by atoms with Gasteiger partial charge in [0.15, 0.2) is 0 Å². The molecule has 0 atom stereocenters. The predicted octanol–water partition coefficient (Wildman–Crippen LogP) is 2.18. The van der Waals surface area contributed by atoms with Crippen LogP contribution in [-0.4, -0.2) is 17.1 Å². The standard InChI is InChI=1S/C12H12FN3O/c1-7-5-11(16-12(14)15-7)9-6-8(17-2)3-4-10(9)13/h3-6H,1-2H3,(H2,14,15,16). The van der Waals surface area contributed by atoms with E-state index in [1.54, 1.807) is 25.1 Å². The number of methoxy groups -OCH3 is 1. The number of hydrogen-bond acceptors (Lipinski definition) is 4. The first-order valence-corrected chi connectivity index (χ1v) is 5.05. The number of hydrogen-bond donors (Lipinski definition) is 1. The fourth-order valence-corrected chi connectivity index (χ4v) is 1.56. The van der Waals surface area contributed by atoms with E-state index in [4.69, 9.17) is 10.5 Å². The summed E-state index contributed by atoms with van der Waals surface area (Å²) in [5.74, 6) is 0.321. The second-order valence-corrected chi connectivity index (χ2v) is 3.60. The van der Waals surface area contributed by atoms with Gasteiger partial charge in [-0.2, -0.15) is 0 Å². The molecule has 0 fully saturated rings. The molecule has 1 heterocycles. The van der Waals surface area contributed by atoms with Crippen LogP contribution in [0.1, 0.15) is 5.69 Å². The van der Waals surface area contributed by atoms with E-state index in [9.17, 15) is 4.39 Å². The molecule has 0 bridgehead atoms. The molecule has 0 aliphatic heterocycles. The highest BCUT2D eigenvalue weighted by Crippen LogP contribution is 2.26. The maximum Gasteiger partial charge on any atom is 0.220 e. The number of nitrogen functional groups attached to an aromatic ring is 1. The van der Waals surface area contributed by atoms with Crippen LogP contribution in [0.25, 0.3) is 11.3 Å². The molecular formula is C12H12FN3O. The first kappa shape index (κ1) is 11.3. The summed E-state index contributed by atoms with van der Waals surface area (Å²) in [6.07, 6.45) is 0. The van der Waals surface area contributed by atoms with Gasteiger partial charge in [-0.15, -0.1) is 0 Å². The van der Waals surface area contributed by atoms with Crippen molar-refractivity contribution >= 4 is 5.95 Å². The van der Waals surface area contributed by atoms with Crippen LogP contribution < -0.4 is 10.5 Å². The summed E-state index contributed by atoms with van der Waals surface area (Å²) in [5.41, 5.74) is 7.03. The Morgan fingerprint density at radius 2 is 2.00 bits per heavy atom. The van der Waals surface area contributed by atoms with Crippen molar-refractivity contribution in [3.05, 3.63) is 35.8 Å². The molecule has 17 heavy (non-hydrogen) atoms. The van der Waals surface area contributed by atoms with Gasteiger partial charge in [0.2, 0.25) is 5.95 Å². The molecule has 2 N–H and O–H groups in total. The third kappa shape index (κ3) is 2.33. The summed E-state index contributed by atoms with van der Waals surface area (Å²) in [6, 6.07) is 6.14. The Morgan fingerprint density at radius 3 is 2.65 bits per heavy atom. The highest BCUT2D eigenvalue weighted by atomic mass is 19.1. The largest absolute Gasteiger partial charge is 0.497 e. The zero-order valence-corrected chi connectivity index (χ0v) is 9.57. The normalized spacial score (nSPS) is 10.3. The second-order valence-electron chi connectivity index (χ2n) is 3.60. The molecule has 2 rings (SSSR count). The molecule has 0 unspecified atom stereocenters. The van der Waals surface area contributed by atoms with Crippen LogP contribution in [0.4, 0.5) is 10.3 Å². The molecule has 0 amide bonds. The van der Waals surface area contributed by atoms with Crippen molar-refractivity contribution in [1.29, 1.82) is 0 Å². The summed E-state index contributed by atoms with van der Waals surface area (Å²) in [5, 5.41) is 0. The number of nitrogens with two attached hydrogens (primary N) is 1. The Bertz CT molecular complexity index is 537. The van der Waals surface area contributed by atoms with E-state index in [1.807, 2.05) is 0 Å². The average Bonchev–Trinajstić information content (AvgIpc) is 2.28. The van der Waals surface area contributed by atoms with E-state index < -0.39 is 0 Å². The smallest absolute Gasteiger partial charge is 0.220 e. The number of aromatic nitrogens is 2. The molecule has 88 valence electrons. The molecule has 0 saturated heterocycles. The van der Waals surface area contributed by atoms with Crippen LogP contribution in [-0.2, 0) is 0 Å². The van der Waals surface area contributed by atoms with Crippen molar-refractivity contribution in [2.75, 3.05) is 12.8 Å². The Morgan fingerprint density at radius 1 is 1.24 bits per heavy atom. The van der Waals surface area contributed by atoms with E-state index in [0.717, 1.165) is 0 Å². The van der Waals surface area contributed by atoms with Gasteiger partial charge < -0.3 is 10.5 Å². The number of anilines is 1. The first-order chi connectivity index (χ1) is 8.10. The van der Waals surface area contributed by atoms with Gasteiger partial charge in [0.1, 0.15) is 11.6 Å². The molecule has 0 saturated carbocycles. The van der Waals surface area contributed by atoms with Gasteiger partial charge in [-0.25, -0.2) is 14.4 Å². The highest BCUT2D eigenvalue weighted by Gasteiger charge is 2.09. The molecule has 0 spiro atoms. The lowest BCUT2D eigenvalue weighted by molar-refractivity contribution is 0.414. The maximum atomic E-state index is 13.7. The minimum Gasteiger partial charge on any atom is -0.497 e. The van der Waals surface area contributed by atoms with Crippen molar-refractivity contribution in [3.63, 3.8) is 0 Å². The number of halogens is 1. The van der Waals surface area contributed by atoms with Crippen molar-refractivity contribution in [2.45, 2.75) is 6.92 Å². The molecule has 1 aromatic heterocycles. The van der Waals surface area contributed by atoms with Gasteiger partial charge in [0, 0.05) is 11.3 Å². The third-order valence-corrected chi connectivity index (χ3v) is 2.32. The molecule has 1 aromatic carbocycles. The van der Waals surface area contributed by atoms with Crippen LogP contribution in [0.2, 0.25) is 0 Å². The van der Waals surface area contributed by atoms with Crippen LogP contribution in [0.3, 0.4) is 0 Å². The van der Waals surface area contributed by atoms with E-state index >= 15 is 0 Å². The number of aryl methyl sites for hydroxylation is 1. The van der Waals surface area contributed by atoms with Gasteiger partial charge in [-0.1, -0.05) is 0 Å². The minimum absolute atomic E-state index is 0.127. The van der Waals surface area contributed by atoms with Crippen LogP contribution in [0, 0.1) is 12.7 Å². The predicted molar refractivity (Wildman–Crippen MR) is 63.1 cm³/mol. The van der Waals surface area contributed by atoms with E-state index in [2.05, 4.69) is 9.97 Å². The quantitative estimate of drug-likeness (QED) is 0.863. The Kier molecular flexibility index (Phi) is 2.91. The Balaban J connectivity index is 2.58. The van der Waals surface area contributed by atoms with Crippen molar-refractivity contribution in [1.82, 2.24) is 9.97 Å². The molecule has 5 heteroatoms. The SMILES string of the molecule is COc1ccc(F)c(-c2cc(C)nc(N)n2)c1. The van der Waals surface area contributed by atoms with E-state index in [0.29, 0.717) is 22.7 Å². The Labute approximate surface area is 98.3 Å². The summed E-state index contributed by atoms with van der Waals surface area (Å²) in [7, 11) is 1.52. The van der Waals surface area contributed by atoms with E-state index in [-0.39, 0.29) is 11.8 Å². The lowest BCUT2D eigenvalue weighted by Gasteiger charge is -2.07. The van der Waals surface area contributed by atoms with Crippen LogP contribution in [0.15, 0.2) is 24.3 Å². The summed E-state index contributed by atoms with van der Waals surface area (Å²) >= 11 is 0. The van der Waals surface area contributed by atoms with Crippen molar-refractivity contribution in [3.8, 4) is 17.0 Å². The second kappa shape index (κ2) is 4.37. The molecular weight excluding hydrogens is 221 g/mol. The molecule has 0 aliphatic carbocycles. The monoisotopic (exact) mass is 233 g/mol. The lowest BCUT2D eigenvalue weighted by atomic mass is 10.1. The molecule has 2 aromatic rings. The fraction of sp³-hybridized carbons (Fsp3) is 0.167. The zero-order valence-electron chi connectivity index (χ0n) is 9.57. The summed E-state index contributed by atoms with van der Waals surface area (Å²) in [4.78, 5) is 7.96. The van der Waals surface area contributed by atoms with Crippen molar-refractivity contribution in [2.24, 2.45) is 0 Å². The van der Waals surface area contributed by atoms with Gasteiger partial charge in [0.25, 0.3) is 0 Å². The molecule has 0 radical (unpaired) electrons. The first-order valence-electron chi connectivity index (χ1n) is 5.05. The maximum absolute atomic E-state index is 13.7. The van der Waals surface area contributed by atoms with Gasteiger partial charge >= 0.3 is 0 Å². The fourth-order valence-electron chi connectivity index (χ4n) is 1.56. The molecule has 4 nitrogen and oxygen atoms in total. The van der Waals surface area contributed by atoms with Gasteiger partial charge in [-0.3, -0.25) is 0 Å². The number of benzene rings is 1. The number of ether oxygens (including phenoxy) is 1. The zero-order chi connectivity index (χ0) is 12.4. The van der Waals surface area contributed by atoms with Crippen LogP contribution >= 0.6 is 0 Å². The van der Waals surface area contributed by atoms with Gasteiger partial charge in [-0.05, 0) is 31.2 Å². The van der Waals surface area contributed by atoms with Gasteiger partial charge in [0.05, 0.1) is 12.8 Å². The summed E-state index contributed by atoms with van der Waals surface area (Å²) in [6.45, 7) is 1.78. The van der Waals surface area contributed by atoms with E-state index in [1.165, 1.54) is 13.2 Å². The number of nitrogens with zero attached hydrogens (tertiary/aromatic N) is 2. The summed E-state index contributed by atoms with van der Waals surface area (Å²) < 4.78 is 18.7. The van der Waals surface area contributed by atoms with Crippen LogP contribution in [0.5, 0.6) is 5.75 Å². The highest BCUT2D eigenvalue weighted by molar-refractivity contribution is 5.63. The molecule has 0 aliphatic rings. The minimum atomic E-state index is -0.372. The lowest BCUT2D eigenvalue weighted by Crippen LogP contribution is -1.99. The van der Waals surface area contributed by atoms with Crippen molar-refractivity contribution < 1.29 is 9.13 Å². The number of rotatable bonds is 2.